The van der Waals surface area contributed by atoms with Crippen molar-refractivity contribution in [2.45, 2.75) is 6.54 Å². The zero-order valence-electron chi connectivity index (χ0n) is 12.4. The van der Waals surface area contributed by atoms with Gasteiger partial charge in [-0.3, -0.25) is 4.98 Å². The highest BCUT2D eigenvalue weighted by molar-refractivity contribution is 6.28. The van der Waals surface area contributed by atoms with E-state index in [2.05, 4.69) is 24.8 Å². The summed E-state index contributed by atoms with van der Waals surface area (Å²) < 4.78 is 7.36. The molecule has 0 N–H and O–H groups in total. The first-order valence-corrected chi connectivity index (χ1v) is 7.79. The molecule has 0 spiro atoms. The Morgan fingerprint density at radius 1 is 1.22 bits per heavy atom. The number of anilines is 1. The van der Waals surface area contributed by atoms with Crippen molar-refractivity contribution in [2.24, 2.45) is 0 Å². The van der Waals surface area contributed by atoms with Crippen LogP contribution in [0.5, 0.6) is 0 Å². The molecule has 1 aliphatic rings. The fourth-order valence-corrected chi connectivity index (χ4v) is 2.86. The monoisotopic (exact) mass is 330 g/mol. The normalized spacial score (nSPS) is 15.3. The quantitative estimate of drug-likeness (QED) is 0.682. The van der Waals surface area contributed by atoms with E-state index in [9.17, 15) is 0 Å². The summed E-state index contributed by atoms with van der Waals surface area (Å²) in [7, 11) is 0. The first-order chi connectivity index (χ1) is 11.3. The summed E-state index contributed by atoms with van der Waals surface area (Å²) in [6, 6.07) is 3.93. The van der Waals surface area contributed by atoms with Crippen LogP contribution in [0.2, 0.25) is 5.28 Å². The van der Waals surface area contributed by atoms with Crippen molar-refractivity contribution in [3.05, 3.63) is 41.7 Å². The van der Waals surface area contributed by atoms with Crippen molar-refractivity contribution in [3.8, 4) is 0 Å². The molecule has 1 fully saturated rings. The molecule has 0 aromatic carbocycles. The molecule has 0 amide bonds. The first-order valence-electron chi connectivity index (χ1n) is 7.41. The van der Waals surface area contributed by atoms with Crippen molar-refractivity contribution in [1.29, 1.82) is 0 Å². The van der Waals surface area contributed by atoms with Crippen LogP contribution in [-0.2, 0) is 11.3 Å². The van der Waals surface area contributed by atoms with Gasteiger partial charge in [0.2, 0.25) is 5.28 Å². The second-order valence-corrected chi connectivity index (χ2v) is 5.66. The van der Waals surface area contributed by atoms with Gasteiger partial charge in [0.05, 0.1) is 26.1 Å². The summed E-state index contributed by atoms with van der Waals surface area (Å²) in [5.41, 5.74) is 2.57. The number of nitrogens with zero attached hydrogens (tertiary/aromatic N) is 6. The Hall–Kier alpha value is -2.25. The van der Waals surface area contributed by atoms with Crippen LogP contribution in [0.3, 0.4) is 0 Å². The summed E-state index contributed by atoms with van der Waals surface area (Å²) in [5, 5.41) is 0.229. The maximum atomic E-state index is 6.14. The molecule has 0 saturated carbocycles. The van der Waals surface area contributed by atoms with Gasteiger partial charge in [0.25, 0.3) is 0 Å². The third-order valence-electron chi connectivity index (χ3n) is 3.80. The number of halogens is 1. The highest BCUT2D eigenvalue weighted by Gasteiger charge is 2.20. The van der Waals surface area contributed by atoms with Crippen LogP contribution >= 0.6 is 11.6 Å². The Labute approximate surface area is 137 Å². The topological polar surface area (TPSA) is 69.0 Å². The number of fused-ring (bicyclic) bond motifs is 1. The standard InChI is InChI=1S/C15H15ClN6O/c16-15-19-13(21-4-6-23-7-5-21)12-14(20-15)22(10-18-12)9-11-2-1-3-17-8-11/h1-3,8,10H,4-7,9H2. The fraction of sp³-hybridized carbons (Fsp3) is 0.333. The largest absolute Gasteiger partial charge is 0.378 e. The lowest BCUT2D eigenvalue weighted by Crippen LogP contribution is -2.37. The van der Waals surface area contributed by atoms with E-state index in [-0.39, 0.29) is 5.28 Å². The van der Waals surface area contributed by atoms with E-state index >= 15 is 0 Å². The molecule has 3 aromatic rings. The molecular formula is C15H15ClN6O. The molecule has 23 heavy (non-hydrogen) atoms. The van der Waals surface area contributed by atoms with Crippen LogP contribution < -0.4 is 4.90 Å². The van der Waals surface area contributed by atoms with Gasteiger partial charge in [-0.15, -0.1) is 0 Å². The number of imidazole rings is 1. The van der Waals surface area contributed by atoms with Crippen LogP contribution in [0.1, 0.15) is 5.56 Å². The molecule has 7 nitrogen and oxygen atoms in total. The van der Waals surface area contributed by atoms with E-state index in [1.165, 1.54) is 0 Å². The van der Waals surface area contributed by atoms with Crippen molar-refractivity contribution < 1.29 is 4.74 Å². The summed E-state index contributed by atoms with van der Waals surface area (Å²) in [6.07, 6.45) is 5.36. The minimum Gasteiger partial charge on any atom is -0.378 e. The maximum Gasteiger partial charge on any atom is 0.226 e. The van der Waals surface area contributed by atoms with Crippen molar-refractivity contribution in [1.82, 2.24) is 24.5 Å². The molecular weight excluding hydrogens is 316 g/mol. The summed E-state index contributed by atoms with van der Waals surface area (Å²) in [5.74, 6) is 0.772. The lowest BCUT2D eigenvalue weighted by atomic mass is 10.3. The third-order valence-corrected chi connectivity index (χ3v) is 3.97. The number of pyridine rings is 1. The Morgan fingerprint density at radius 2 is 2.09 bits per heavy atom. The second kappa shape index (κ2) is 6.10. The predicted octanol–water partition coefficient (Wildman–Crippen LogP) is 1.76. The molecule has 0 unspecified atom stereocenters. The fourth-order valence-electron chi connectivity index (χ4n) is 2.70. The maximum absolute atomic E-state index is 6.14. The van der Waals surface area contributed by atoms with Gasteiger partial charge in [-0.1, -0.05) is 6.07 Å². The van der Waals surface area contributed by atoms with Gasteiger partial charge in [0, 0.05) is 25.5 Å². The van der Waals surface area contributed by atoms with Crippen LogP contribution in [0.15, 0.2) is 30.9 Å². The molecule has 0 atom stereocenters. The van der Waals surface area contributed by atoms with Crippen LogP contribution in [0.4, 0.5) is 5.82 Å². The number of hydrogen-bond acceptors (Lipinski definition) is 6. The minimum absolute atomic E-state index is 0.229. The lowest BCUT2D eigenvalue weighted by Gasteiger charge is -2.27. The summed E-state index contributed by atoms with van der Waals surface area (Å²) in [4.78, 5) is 19.5. The third kappa shape index (κ3) is 2.85. The van der Waals surface area contributed by atoms with Gasteiger partial charge in [-0.2, -0.15) is 9.97 Å². The zero-order chi connectivity index (χ0) is 15.6. The molecule has 0 bridgehead atoms. The first kappa shape index (κ1) is 14.3. The summed E-state index contributed by atoms with van der Waals surface area (Å²) in [6.45, 7) is 3.55. The number of aromatic nitrogens is 5. The molecule has 8 heteroatoms. The van der Waals surface area contributed by atoms with Gasteiger partial charge >= 0.3 is 0 Å². The van der Waals surface area contributed by atoms with Crippen molar-refractivity contribution in [2.75, 3.05) is 31.2 Å². The predicted molar refractivity (Wildman–Crippen MR) is 86.7 cm³/mol. The molecule has 4 rings (SSSR count). The van der Waals surface area contributed by atoms with E-state index in [1.807, 2.05) is 22.9 Å². The minimum atomic E-state index is 0.229. The Kier molecular flexibility index (Phi) is 3.80. The second-order valence-electron chi connectivity index (χ2n) is 5.32. The zero-order valence-corrected chi connectivity index (χ0v) is 13.1. The molecule has 1 aliphatic heterocycles. The van der Waals surface area contributed by atoms with Gasteiger partial charge in [-0.05, 0) is 23.2 Å². The summed E-state index contributed by atoms with van der Waals surface area (Å²) >= 11 is 6.14. The Balaban J connectivity index is 1.75. The number of hydrogen-bond donors (Lipinski definition) is 0. The van der Waals surface area contributed by atoms with Crippen LogP contribution in [-0.4, -0.2) is 50.8 Å². The molecule has 0 radical (unpaired) electrons. The van der Waals surface area contributed by atoms with E-state index in [0.29, 0.717) is 19.8 Å². The molecule has 0 aliphatic carbocycles. The molecule has 1 saturated heterocycles. The highest BCUT2D eigenvalue weighted by atomic mass is 35.5. The van der Waals surface area contributed by atoms with Gasteiger partial charge in [0.1, 0.15) is 0 Å². The van der Waals surface area contributed by atoms with Gasteiger partial charge in [0.15, 0.2) is 17.0 Å². The van der Waals surface area contributed by atoms with Gasteiger partial charge < -0.3 is 14.2 Å². The SMILES string of the molecule is Clc1nc(N2CCOCC2)c2ncn(Cc3cccnc3)c2n1. The van der Waals surface area contributed by atoms with Crippen molar-refractivity contribution in [3.63, 3.8) is 0 Å². The van der Waals surface area contributed by atoms with Crippen LogP contribution in [0.25, 0.3) is 11.2 Å². The lowest BCUT2D eigenvalue weighted by molar-refractivity contribution is 0.122. The molecule has 118 valence electrons. The number of morpholine rings is 1. The highest BCUT2D eigenvalue weighted by Crippen LogP contribution is 2.25. The van der Waals surface area contributed by atoms with Gasteiger partial charge in [-0.25, -0.2) is 4.98 Å². The van der Waals surface area contributed by atoms with Crippen molar-refractivity contribution >= 4 is 28.6 Å². The molecule has 4 heterocycles. The average molecular weight is 331 g/mol. The Morgan fingerprint density at radius 3 is 2.87 bits per heavy atom. The van der Waals surface area contributed by atoms with E-state index < -0.39 is 0 Å². The number of ether oxygens (including phenoxy) is 1. The van der Waals surface area contributed by atoms with E-state index in [1.54, 1.807) is 12.5 Å². The van der Waals surface area contributed by atoms with Crippen LogP contribution in [0, 0.1) is 0 Å². The number of rotatable bonds is 3. The average Bonchev–Trinajstić information content (AvgIpc) is 2.99. The molecule has 3 aromatic heterocycles. The van der Waals surface area contributed by atoms with E-state index in [0.717, 1.165) is 35.6 Å². The van der Waals surface area contributed by atoms with E-state index in [4.69, 9.17) is 16.3 Å². The Bertz CT molecular complexity index is 815. The smallest absolute Gasteiger partial charge is 0.226 e.